The first kappa shape index (κ1) is 22.2. The molecule has 3 N–H and O–H groups in total. The van der Waals surface area contributed by atoms with Crippen LogP contribution in [0.25, 0.3) is 0 Å². The van der Waals surface area contributed by atoms with E-state index in [4.69, 9.17) is 10.5 Å². The Balaban J connectivity index is 2.15. The van der Waals surface area contributed by atoms with Crippen LogP contribution in [0.3, 0.4) is 0 Å². The molecule has 0 aromatic heterocycles. The molecule has 9 nitrogen and oxygen atoms in total. The van der Waals surface area contributed by atoms with Crippen molar-refractivity contribution in [1.82, 2.24) is 4.31 Å². The second-order valence-electron chi connectivity index (χ2n) is 6.61. The van der Waals surface area contributed by atoms with Gasteiger partial charge in [-0.15, -0.1) is 0 Å². The summed E-state index contributed by atoms with van der Waals surface area (Å²) in [4.78, 5) is 26.1. The molecule has 156 valence electrons. The quantitative estimate of drug-likeness (QED) is 0.512. The predicted octanol–water partition coefficient (Wildman–Crippen LogP) is 1.38. The predicted molar refractivity (Wildman–Crippen MR) is 111 cm³/mol. The first-order valence-electron chi connectivity index (χ1n) is 8.59. The number of esters is 1. The third kappa shape index (κ3) is 5.46. The minimum atomic E-state index is -3.68. The molecular formula is C19H24N4O5S. The number of nitrogens with zero attached hydrogens (tertiary/aromatic N) is 2. The van der Waals surface area contributed by atoms with Crippen LogP contribution in [0.2, 0.25) is 0 Å². The van der Waals surface area contributed by atoms with Gasteiger partial charge in [-0.1, -0.05) is 0 Å². The van der Waals surface area contributed by atoms with Gasteiger partial charge in [0.25, 0.3) is 5.91 Å². The summed E-state index contributed by atoms with van der Waals surface area (Å²) in [5.41, 5.74) is 7.22. The first-order chi connectivity index (χ1) is 13.5. The fraction of sp³-hybridized carbons (Fsp3) is 0.263. The number of nitrogens with one attached hydrogen (secondary N) is 1. The van der Waals surface area contributed by atoms with E-state index in [1.807, 2.05) is 0 Å². The van der Waals surface area contributed by atoms with Gasteiger partial charge in [-0.3, -0.25) is 4.79 Å². The van der Waals surface area contributed by atoms with Crippen molar-refractivity contribution in [3.63, 3.8) is 0 Å². The van der Waals surface area contributed by atoms with Gasteiger partial charge in [0.2, 0.25) is 10.0 Å². The van der Waals surface area contributed by atoms with Gasteiger partial charge < -0.3 is 20.7 Å². The second kappa shape index (κ2) is 8.93. The van der Waals surface area contributed by atoms with Crippen molar-refractivity contribution >= 4 is 39.0 Å². The Morgan fingerprint density at radius 3 is 2.21 bits per heavy atom. The maximum atomic E-state index is 12.4. The third-order valence-electron chi connectivity index (χ3n) is 3.98. The molecule has 0 atom stereocenters. The number of nitrogens with two attached hydrogens (primary N) is 1. The van der Waals surface area contributed by atoms with E-state index in [0.29, 0.717) is 11.4 Å². The van der Waals surface area contributed by atoms with Crippen molar-refractivity contribution in [3.8, 4) is 0 Å². The first-order valence-corrected chi connectivity index (χ1v) is 10.0. The zero-order chi connectivity index (χ0) is 21.8. The summed E-state index contributed by atoms with van der Waals surface area (Å²) in [5.74, 6) is -1.27. The molecule has 2 aromatic rings. The largest absolute Gasteiger partial charge is 0.452 e. The number of hydrogen-bond acceptors (Lipinski definition) is 7. The minimum absolute atomic E-state index is 0.0299. The maximum Gasteiger partial charge on any atom is 0.338 e. The highest BCUT2D eigenvalue weighted by Crippen LogP contribution is 2.28. The van der Waals surface area contributed by atoms with Gasteiger partial charge in [-0.25, -0.2) is 17.5 Å². The Morgan fingerprint density at radius 2 is 1.66 bits per heavy atom. The summed E-state index contributed by atoms with van der Waals surface area (Å²) in [6, 6.07) is 10.5. The van der Waals surface area contributed by atoms with Crippen LogP contribution in [0.15, 0.2) is 47.4 Å². The van der Waals surface area contributed by atoms with E-state index in [-0.39, 0.29) is 16.1 Å². The molecule has 0 unspecified atom stereocenters. The molecule has 0 bridgehead atoms. The number of carbonyl (C=O) groups excluding carboxylic acids is 2. The Labute approximate surface area is 170 Å². The molecule has 0 radical (unpaired) electrons. The van der Waals surface area contributed by atoms with E-state index in [9.17, 15) is 18.0 Å². The van der Waals surface area contributed by atoms with Gasteiger partial charge in [-0.05, 0) is 42.5 Å². The molecule has 0 heterocycles. The normalized spacial score (nSPS) is 11.2. The number of carbonyl (C=O) groups is 2. The summed E-state index contributed by atoms with van der Waals surface area (Å²) in [7, 11) is 2.68. The number of anilines is 3. The Hall–Kier alpha value is -3.11. The summed E-state index contributed by atoms with van der Waals surface area (Å²) in [6.07, 6.45) is 0. The van der Waals surface area contributed by atoms with Crippen molar-refractivity contribution in [2.24, 2.45) is 0 Å². The highest BCUT2D eigenvalue weighted by molar-refractivity contribution is 7.89. The average Bonchev–Trinajstić information content (AvgIpc) is 2.66. The highest BCUT2D eigenvalue weighted by Gasteiger charge is 2.20. The molecular weight excluding hydrogens is 396 g/mol. The van der Waals surface area contributed by atoms with Crippen LogP contribution < -0.4 is 16.0 Å². The van der Waals surface area contributed by atoms with Crippen LogP contribution in [0, 0.1) is 0 Å². The number of ether oxygens (including phenoxy) is 1. The van der Waals surface area contributed by atoms with Crippen LogP contribution in [0.1, 0.15) is 10.4 Å². The maximum absolute atomic E-state index is 12.4. The van der Waals surface area contributed by atoms with E-state index in [0.717, 1.165) is 4.31 Å². The number of nitrogen functional groups attached to an aromatic ring is 1. The zero-order valence-corrected chi connectivity index (χ0v) is 17.5. The number of hydrogen-bond donors (Lipinski definition) is 2. The monoisotopic (exact) mass is 420 g/mol. The molecule has 0 aliphatic heterocycles. The zero-order valence-electron chi connectivity index (χ0n) is 16.7. The lowest BCUT2D eigenvalue weighted by molar-refractivity contribution is -0.119. The van der Waals surface area contributed by atoms with Gasteiger partial charge in [0.15, 0.2) is 6.61 Å². The molecule has 2 aromatic carbocycles. The van der Waals surface area contributed by atoms with Gasteiger partial charge >= 0.3 is 5.97 Å². The number of amides is 1. The Bertz CT molecular complexity index is 1000. The fourth-order valence-electron chi connectivity index (χ4n) is 2.40. The average molecular weight is 420 g/mol. The lowest BCUT2D eigenvalue weighted by Gasteiger charge is -2.20. The SMILES string of the molecule is CN(C)c1ccc(S(=O)(=O)N(C)C)cc1NC(=O)COC(=O)c1ccc(N)cc1. The van der Waals surface area contributed by atoms with E-state index in [2.05, 4.69) is 5.32 Å². The minimum Gasteiger partial charge on any atom is -0.452 e. The molecule has 10 heteroatoms. The van der Waals surface area contributed by atoms with E-state index < -0.39 is 28.5 Å². The number of sulfonamides is 1. The summed E-state index contributed by atoms with van der Waals surface area (Å²) >= 11 is 0. The molecule has 29 heavy (non-hydrogen) atoms. The van der Waals surface area contributed by atoms with Crippen LogP contribution in [-0.2, 0) is 19.6 Å². The molecule has 0 saturated heterocycles. The van der Waals surface area contributed by atoms with Crippen LogP contribution in [0.4, 0.5) is 17.1 Å². The molecule has 2 rings (SSSR count). The van der Waals surface area contributed by atoms with E-state index in [1.165, 1.54) is 38.4 Å². The molecule has 0 fully saturated rings. The highest BCUT2D eigenvalue weighted by atomic mass is 32.2. The standard InChI is InChI=1S/C19H24N4O5S/c1-22(2)17-10-9-15(29(26,27)23(3)4)11-16(17)21-18(24)12-28-19(25)13-5-7-14(20)8-6-13/h5-11H,12,20H2,1-4H3,(H,21,24). The Morgan fingerprint density at radius 1 is 1.03 bits per heavy atom. The van der Waals surface area contributed by atoms with Crippen molar-refractivity contribution in [1.29, 1.82) is 0 Å². The van der Waals surface area contributed by atoms with Crippen LogP contribution in [-0.4, -0.2) is 59.4 Å². The molecule has 0 spiro atoms. The Kier molecular flexibility index (Phi) is 6.83. The fourth-order valence-corrected chi connectivity index (χ4v) is 3.32. The van der Waals surface area contributed by atoms with Crippen LogP contribution in [0.5, 0.6) is 0 Å². The van der Waals surface area contributed by atoms with Crippen molar-refractivity contribution in [3.05, 3.63) is 48.0 Å². The molecule has 0 aliphatic rings. The second-order valence-corrected chi connectivity index (χ2v) is 8.76. The van der Waals surface area contributed by atoms with Crippen molar-refractivity contribution in [2.75, 3.05) is 50.7 Å². The molecule has 0 saturated carbocycles. The van der Waals surface area contributed by atoms with E-state index >= 15 is 0 Å². The van der Waals surface area contributed by atoms with Gasteiger partial charge in [0.1, 0.15) is 0 Å². The molecule has 1 amide bonds. The van der Waals surface area contributed by atoms with Crippen molar-refractivity contribution < 1.29 is 22.7 Å². The smallest absolute Gasteiger partial charge is 0.338 e. The van der Waals surface area contributed by atoms with Gasteiger partial charge in [0, 0.05) is 33.9 Å². The number of rotatable bonds is 7. The topological polar surface area (TPSA) is 122 Å². The lowest BCUT2D eigenvalue weighted by Crippen LogP contribution is -2.24. The third-order valence-corrected chi connectivity index (χ3v) is 5.79. The summed E-state index contributed by atoms with van der Waals surface area (Å²) < 4.78 is 30.8. The summed E-state index contributed by atoms with van der Waals surface area (Å²) in [6.45, 7) is -0.527. The number of benzene rings is 2. The van der Waals surface area contributed by atoms with Crippen molar-refractivity contribution in [2.45, 2.75) is 4.90 Å². The van der Waals surface area contributed by atoms with Crippen LogP contribution >= 0.6 is 0 Å². The molecule has 0 aliphatic carbocycles. The lowest BCUT2D eigenvalue weighted by atomic mass is 10.2. The summed E-state index contributed by atoms with van der Waals surface area (Å²) in [5, 5.41) is 2.60. The van der Waals surface area contributed by atoms with Gasteiger partial charge in [0.05, 0.1) is 21.8 Å². The van der Waals surface area contributed by atoms with E-state index in [1.54, 1.807) is 37.2 Å². The van der Waals surface area contributed by atoms with Gasteiger partial charge in [-0.2, -0.15) is 0 Å².